The number of amidine groups is 1. The first-order valence-corrected chi connectivity index (χ1v) is 1.67. The van der Waals surface area contributed by atoms with Gasteiger partial charge in [-0.1, -0.05) is 0 Å². The van der Waals surface area contributed by atoms with Gasteiger partial charge in [0.2, 0.25) is 0 Å². The molecule has 0 saturated carbocycles. The van der Waals surface area contributed by atoms with Gasteiger partial charge in [-0.3, -0.25) is 5.41 Å². The highest BCUT2D eigenvalue weighted by atomic mass is 32.1. The summed E-state index contributed by atoms with van der Waals surface area (Å²) in [5, 5.41) is 9.17. The molecule has 4 heteroatoms. The lowest BCUT2D eigenvalue weighted by Gasteiger charge is -1.83. The molecule has 0 rings (SSSR count). The van der Waals surface area contributed by atoms with Crippen LogP contribution in [0.2, 0.25) is 0 Å². The fourth-order valence-electron chi connectivity index (χ4n) is 0. The minimum atomic E-state index is 0. The molecule has 0 fully saturated rings. The molecule has 0 aromatic heterocycles. The van der Waals surface area contributed by atoms with E-state index in [2.05, 4.69) is 17.9 Å². The summed E-state index contributed by atoms with van der Waals surface area (Å²) in [6, 6.07) is 0. The summed E-state index contributed by atoms with van der Waals surface area (Å²) in [7, 11) is 1.65. The Labute approximate surface area is 44.8 Å². The first-order chi connectivity index (χ1) is 2.27. The highest BCUT2D eigenvalue weighted by molar-refractivity contribution is 7.96. The molecular weight excluding hydrogens is 94.9 g/mol. The van der Waals surface area contributed by atoms with Crippen LogP contribution in [0.4, 0.5) is 0 Å². The lowest BCUT2D eigenvalue weighted by atomic mass is 10.8. The van der Waals surface area contributed by atoms with Crippen LogP contribution in [0, 0.1) is 5.41 Å². The summed E-state index contributed by atoms with van der Waals surface area (Å²) >= 11 is 3.57. The second-order valence-electron chi connectivity index (χ2n) is 0.599. The number of hydrogen-bond acceptors (Lipinski definition) is 1. The Balaban J connectivity index is 0. The van der Waals surface area contributed by atoms with E-state index in [1.807, 2.05) is 0 Å². The summed E-state index contributed by atoms with van der Waals surface area (Å²) in [6.07, 6.45) is 0. The molecule has 0 atom stereocenters. The van der Waals surface area contributed by atoms with Crippen molar-refractivity contribution in [3.63, 3.8) is 0 Å². The van der Waals surface area contributed by atoms with Gasteiger partial charge in [0.1, 0.15) is 5.17 Å². The summed E-state index contributed by atoms with van der Waals surface area (Å²) in [5.41, 5.74) is 0. The molecule has 0 spiro atoms. The average molecular weight is 104 g/mol. The normalized spacial score (nSPS) is 5.67. The Morgan fingerprint density at radius 2 is 2.00 bits per heavy atom. The monoisotopic (exact) mass is 104 g/mol. The topological polar surface area (TPSA) is 35.9 Å². The summed E-state index contributed by atoms with van der Waals surface area (Å²) in [6.45, 7) is 0. The zero-order valence-electron chi connectivity index (χ0n) is 2.95. The van der Waals surface area contributed by atoms with Gasteiger partial charge in [0.25, 0.3) is 0 Å². The molecule has 0 bridgehead atoms. The molecule has 0 aromatic carbocycles. The van der Waals surface area contributed by atoms with E-state index in [1.165, 1.54) is 0 Å². The van der Waals surface area contributed by atoms with E-state index in [4.69, 9.17) is 5.41 Å². The van der Waals surface area contributed by atoms with E-state index in [-0.39, 0.29) is 13.6 Å². The maximum Gasteiger partial charge on any atom is 0.150 e. The Hall–Kier alpha value is -0.115. The first kappa shape index (κ1) is 9.30. The van der Waals surface area contributed by atoms with E-state index >= 15 is 0 Å². The number of thiol groups is 1. The van der Waals surface area contributed by atoms with Gasteiger partial charge in [0.05, 0.1) is 8.41 Å². The zero-order valence-corrected chi connectivity index (χ0v) is 3.84. The van der Waals surface area contributed by atoms with Crippen molar-refractivity contribution in [2.45, 2.75) is 0 Å². The Morgan fingerprint density at radius 3 is 2.00 bits per heavy atom. The van der Waals surface area contributed by atoms with Crippen LogP contribution in [-0.2, 0) is 0 Å². The SMILES string of the molecule is B.CNC(=N)S. The average Bonchev–Trinajstić information content (AvgIpc) is 1.38. The van der Waals surface area contributed by atoms with Crippen molar-refractivity contribution in [3.05, 3.63) is 0 Å². The van der Waals surface area contributed by atoms with Gasteiger partial charge in [0, 0.05) is 7.05 Å². The van der Waals surface area contributed by atoms with Crippen LogP contribution < -0.4 is 5.32 Å². The minimum Gasteiger partial charge on any atom is -0.368 e. The van der Waals surface area contributed by atoms with Crippen molar-refractivity contribution in [1.82, 2.24) is 5.32 Å². The molecule has 2 N–H and O–H groups in total. The van der Waals surface area contributed by atoms with Crippen LogP contribution in [0.3, 0.4) is 0 Å². The smallest absolute Gasteiger partial charge is 0.150 e. The molecule has 0 unspecified atom stereocenters. The summed E-state index contributed by atoms with van der Waals surface area (Å²) in [4.78, 5) is 0. The van der Waals surface area contributed by atoms with Crippen molar-refractivity contribution < 1.29 is 0 Å². The van der Waals surface area contributed by atoms with Gasteiger partial charge < -0.3 is 5.32 Å². The zero-order chi connectivity index (χ0) is 4.28. The molecule has 36 valence electrons. The number of nitrogens with one attached hydrogen (secondary N) is 2. The van der Waals surface area contributed by atoms with Crippen LogP contribution in [0.15, 0.2) is 0 Å². The van der Waals surface area contributed by atoms with Crippen molar-refractivity contribution in [3.8, 4) is 0 Å². The van der Waals surface area contributed by atoms with Crippen LogP contribution in [0.5, 0.6) is 0 Å². The van der Waals surface area contributed by atoms with E-state index in [9.17, 15) is 0 Å². The Morgan fingerprint density at radius 1 is 1.83 bits per heavy atom. The molecule has 0 heterocycles. The molecule has 0 aliphatic carbocycles. The summed E-state index contributed by atoms with van der Waals surface area (Å²) < 4.78 is 0. The van der Waals surface area contributed by atoms with Gasteiger partial charge in [-0.05, 0) is 0 Å². The second-order valence-corrected chi connectivity index (χ2v) is 1.05. The van der Waals surface area contributed by atoms with E-state index in [1.54, 1.807) is 7.05 Å². The highest BCUT2D eigenvalue weighted by Gasteiger charge is 1.67. The largest absolute Gasteiger partial charge is 0.368 e. The fourth-order valence-corrected chi connectivity index (χ4v) is 0. The first-order valence-electron chi connectivity index (χ1n) is 1.22. The van der Waals surface area contributed by atoms with Crippen molar-refractivity contribution >= 4 is 26.2 Å². The molecule has 2 nitrogen and oxygen atoms in total. The van der Waals surface area contributed by atoms with Crippen molar-refractivity contribution in [1.29, 1.82) is 5.41 Å². The van der Waals surface area contributed by atoms with Crippen LogP contribution in [0.1, 0.15) is 0 Å². The third kappa shape index (κ3) is 9.10. The molecule has 0 radical (unpaired) electrons. The molecule has 0 aliphatic rings. The molecule has 0 aromatic rings. The Kier molecular flexibility index (Phi) is 7.58. The van der Waals surface area contributed by atoms with Crippen LogP contribution in [-0.4, -0.2) is 20.6 Å². The summed E-state index contributed by atoms with van der Waals surface area (Å²) in [5.74, 6) is 0. The lowest BCUT2D eigenvalue weighted by molar-refractivity contribution is 1.18. The van der Waals surface area contributed by atoms with Crippen molar-refractivity contribution in [2.75, 3.05) is 7.05 Å². The standard InChI is InChI=1S/C2H6N2S.BH3/c1-4-2(3)5;/h1H3,(H3,3,4,5);1H3. The van der Waals surface area contributed by atoms with E-state index in [0.29, 0.717) is 0 Å². The van der Waals surface area contributed by atoms with Gasteiger partial charge in [0.15, 0.2) is 0 Å². The molecule has 0 saturated heterocycles. The van der Waals surface area contributed by atoms with Crippen molar-refractivity contribution in [2.24, 2.45) is 0 Å². The van der Waals surface area contributed by atoms with Crippen LogP contribution >= 0.6 is 12.6 Å². The molecule has 0 aliphatic heterocycles. The molecule has 0 amide bonds. The van der Waals surface area contributed by atoms with Gasteiger partial charge in [-0.15, -0.1) is 12.6 Å². The maximum absolute atomic E-state index is 6.50. The molecular formula is C2H9BN2S. The third-order valence-electron chi connectivity index (χ3n) is 0.237. The second kappa shape index (κ2) is 4.88. The van der Waals surface area contributed by atoms with Gasteiger partial charge in [-0.2, -0.15) is 0 Å². The highest BCUT2D eigenvalue weighted by Crippen LogP contribution is 1.63. The van der Waals surface area contributed by atoms with E-state index < -0.39 is 0 Å². The lowest BCUT2D eigenvalue weighted by Crippen LogP contribution is -2.08. The molecule has 6 heavy (non-hydrogen) atoms. The van der Waals surface area contributed by atoms with Gasteiger partial charge in [-0.25, -0.2) is 0 Å². The predicted molar refractivity (Wildman–Crippen MR) is 35.7 cm³/mol. The fraction of sp³-hybridized carbons (Fsp3) is 0.500. The number of rotatable bonds is 0. The maximum atomic E-state index is 6.50. The van der Waals surface area contributed by atoms with Crippen LogP contribution in [0.25, 0.3) is 0 Å². The minimum absolute atomic E-state index is 0. The number of hydrogen-bond donors (Lipinski definition) is 3. The van der Waals surface area contributed by atoms with Gasteiger partial charge >= 0.3 is 0 Å². The quantitative estimate of drug-likeness (QED) is 0.155. The predicted octanol–water partition coefficient (Wildman–Crippen LogP) is -1.11. The Bertz CT molecular complexity index is 46.8. The van der Waals surface area contributed by atoms with E-state index in [0.717, 1.165) is 0 Å². The third-order valence-corrected chi connectivity index (χ3v) is 0.460.